The van der Waals surface area contributed by atoms with Gasteiger partial charge in [0.25, 0.3) is 0 Å². The first-order valence-corrected chi connectivity index (χ1v) is 8.53. The molecule has 0 heterocycles. The number of likely N-dealkylation sites (N-methyl/N-ethyl adjacent to an activating group) is 1. The van der Waals surface area contributed by atoms with Crippen LogP contribution < -0.4 is 10.1 Å². The molecule has 1 rings (SSSR count). The summed E-state index contributed by atoms with van der Waals surface area (Å²) in [5, 5.41) is 2.70. The van der Waals surface area contributed by atoms with E-state index in [9.17, 15) is 14.4 Å². The molecule has 0 aliphatic heterocycles. The van der Waals surface area contributed by atoms with Crippen molar-refractivity contribution in [1.29, 1.82) is 0 Å². The molecule has 2 amide bonds. The fourth-order valence-corrected chi connectivity index (χ4v) is 2.49. The monoisotopic (exact) mass is 354 g/mol. The lowest BCUT2D eigenvalue weighted by molar-refractivity contribution is -0.139. The zero-order chi connectivity index (χ0) is 17.9. The average molecular weight is 354 g/mol. The Kier molecular flexibility index (Phi) is 8.70. The molecule has 0 bridgehead atoms. The number of thioether (sulfide) groups is 1. The van der Waals surface area contributed by atoms with Gasteiger partial charge in [-0.2, -0.15) is 0 Å². The third-order valence-corrected chi connectivity index (χ3v) is 3.80. The first kappa shape index (κ1) is 19.8. The van der Waals surface area contributed by atoms with Gasteiger partial charge in [0.15, 0.2) is 0 Å². The number of anilines is 1. The van der Waals surface area contributed by atoms with Crippen molar-refractivity contribution in [3.63, 3.8) is 0 Å². The lowest BCUT2D eigenvalue weighted by Gasteiger charge is -2.16. The van der Waals surface area contributed by atoms with Crippen LogP contribution in [0.25, 0.3) is 0 Å². The second kappa shape index (κ2) is 10.5. The van der Waals surface area contributed by atoms with Gasteiger partial charge in [-0.3, -0.25) is 14.4 Å². The molecule has 0 aromatic heterocycles. The minimum atomic E-state index is -0.353. The molecule has 0 saturated heterocycles. The predicted octanol–water partition coefficient (Wildman–Crippen LogP) is 1.39. The number of ether oxygens (including phenoxy) is 2. The molecule has 1 aromatic carbocycles. The predicted molar refractivity (Wildman–Crippen MR) is 93.2 cm³/mol. The van der Waals surface area contributed by atoms with E-state index in [-0.39, 0.29) is 35.8 Å². The molecular formula is C16H22N2O5S. The van der Waals surface area contributed by atoms with Crippen molar-refractivity contribution < 1.29 is 23.9 Å². The number of carbonyl (C=O) groups is 3. The van der Waals surface area contributed by atoms with Crippen molar-refractivity contribution in [2.75, 3.05) is 44.1 Å². The Bertz CT molecular complexity index is 579. The maximum Gasteiger partial charge on any atom is 0.315 e. The number of esters is 1. The molecule has 0 unspecified atom stereocenters. The fraction of sp³-hybridized carbons (Fsp3) is 0.438. The zero-order valence-electron chi connectivity index (χ0n) is 14.0. The van der Waals surface area contributed by atoms with Crippen LogP contribution in [0.4, 0.5) is 5.69 Å². The van der Waals surface area contributed by atoms with Crippen LogP contribution in [0.1, 0.15) is 6.92 Å². The Balaban J connectivity index is 2.37. The van der Waals surface area contributed by atoms with Gasteiger partial charge in [-0.1, -0.05) is 6.07 Å². The molecule has 0 saturated carbocycles. The van der Waals surface area contributed by atoms with Gasteiger partial charge in [0.2, 0.25) is 11.8 Å². The summed E-state index contributed by atoms with van der Waals surface area (Å²) in [4.78, 5) is 36.4. The molecular weight excluding hydrogens is 332 g/mol. The molecule has 1 aromatic rings. The van der Waals surface area contributed by atoms with Crippen LogP contribution in [-0.2, 0) is 19.1 Å². The van der Waals surface area contributed by atoms with Crippen LogP contribution in [0.5, 0.6) is 5.75 Å². The Labute approximate surface area is 145 Å². The van der Waals surface area contributed by atoms with Crippen LogP contribution in [0.2, 0.25) is 0 Å². The van der Waals surface area contributed by atoms with Gasteiger partial charge in [-0.15, -0.1) is 11.8 Å². The highest BCUT2D eigenvalue weighted by molar-refractivity contribution is 8.00. The van der Waals surface area contributed by atoms with E-state index in [1.807, 2.05) is 0 Å². The molecule has 8 heteroatoms. The van der Waals surface area contributed by atoms with E-state index in [1.54, 1.807) is 45.3 Å². The molecule has 7 nitrogen and oxygen atoms in total. The van der Waals surface area contributed by atoms with Crippen molar-refractivity contribution in [2.45, 2.75) is 6.92 Å². The average Bonchev–Trinajstić information content (AvgIpc) is 2.54. The molecule has 0 atom stereocenters. The van der Waals surface area contributed by atoms with Crippen LogP contribution in [0.15, 0.2) is 24.3 Å². The summed E-state index contributed by atoms with van der Waals surface area (Å²) in [7, 11) is 3.08. The first-order valence-electron chi connectivity index (χ1n) is 7.37. The van der Waals surface area contributed by atoms with E-state index in [4.69, 9.17) is 9.47 Å². The van der Waals surface area contributed by atoms with Gasteiger partial charge >= 0.3 is 5.97 Å². The SMILES string of the molecule is CCOC(=O)CSCC(=O)N(C)CC(=O)Nc1cccc(OC)c1. The van der Waals surface area contributed by atoms with Crippen LogP contribution in [0, 0.1) is 0 Å². The number of benzene rings is 1. The molecule has 0 aliphatic carbocycles. The molecule has 0 aliphatic rings. The minimum absolute atomic E-state index is 0.0734. The quantitative estimate of drug-likeness (QED) is 0.675. The summed E-state index contributed by atoms with van der Waals surface area (Å²) in [6, 6.07) is 6.95. The largest absolute Gasteiger partial charge is 0.497 e. The second-order valence-corrected chi connectivity index (χ2v) is 5.81. The van der Waals surface area contributed by atoms with Crippen molar-refractivity contribution >= 4 is 35.2 Å². The number of methoxy groups -OCH3 is 1. The van der Waals surface area contributed by atoms with E-state index < -0.39 is 0 Å². The molecule has 0 spiro atoms. The van der Waals surface area contributed by atoms with Gasteiger partial charge in [-0.05, 0) is 19.1 Å². The number of nitrogens with one attached hydrogen (secondary N) is 1. The van der Waals surface area contributed by atoms with Crippen LogP contribution in [0.3, 0.4) is 0 Å². The van der Waals surface area contributed by atoms with Gasteiger partial charge in [0.05, 0.1) is 31.8 Å². The number of hydrogen-bond acceptors (Lipinski definition) is 6. The minimum Gasteiger partial charge on any atom is -0.497 e. The van der Waals surface area contributed by atoms with Gasteiger partial charge in [-0.25, -0.2) is 0 Å². The highest BCUT2D eigenvalue weighted by Gasteiger charge is 2.14. The van der Waals surface area contributed by atoms with Gasteiger partial charge in [0.1, 0.15) is 5.75 Å². The highest BCUT2D eigenvalue weighted by Crippen LogP contribution is 2.16. The van der Waals surface area contributed by atoms with Crippen molar-refractivity contribution in [3.8, 4) is 5.75 Å². The van der Waals surface area contributed by atoms with Crippen molar-refractivity contribution in [2.24, 2.45) is 0 Å². The van der Waals surface area contributed by atoms with E-state index in [2.05, 4.69) is 5.32 Å². The summed E-state index contributed by atoms with van der Waals surface area (Å²) in [5.41, 5.74) is 0.594. The Morgan fingerprint density at radius 1 is 1.25 bits per heavy atom. The lowest BCUT2D eigenvalue weighted by Crippen LogP contribution is -2.36. The highest BCUT2D eigenvalue weighted by atomic mass is 32.2. The summed E-state index contributed by atoms with van der Waals surface area (Å²) in [6.07, 6.45) is 0. The topological polar surface area (TPSA) is 84.9 Å². The van der Waals surface area contributed by atoms with Crippen LogP contribution in [-0.4, -0.2) is 61.5 Å². The van der Waals surface area contributed by atoms with E-state index in [1.165, 1.54) is 4.90 Å². The number of carbonyl (C=O) groups excluding carboxylic acids is 3. The molecule has 24 heavy (non-hydrogen) atoms. The fourth-order valence-electron chi connectivity index (χ4n) is 1.74. The maximum absolute atomic E-state index is 12.0. The molecule has 0 fully saturated rings. The van der Waals surface area contributed by atoms with E-state index in [0.29, 0.717) is 18.0 Å². The third kappa shape index (κ3) is 7.36. The van der Waals surface area contributed by atoms with Crippen molar-refractivity contribution in [3.05, 3.63) is 24.3 Å². The maximum atomic E-state index is 12.0. The number of hydrogen-bond donors (Lipinski definition) is 1. The first-order chi connectivity index (χ1) is 11.5. The van der Waals surface area contributed by atoms with E-state index >= 15 is 0 Å². The zero-order valence-corrected chi connectivity index (χ0v) is 14.9. The Morgan fingerprint density at radius 3 is 2.67 bits per heavy atom. The summed E-state index contributed by atoms with van der Waals surface area (Å²) in [6.45, 7) is 1.97. The third-order valence-electron chi connectivity index (χ3n) is 2.91. The summed E-state index contributed by atoms with van der Waals surface area (Å²) >= 11 is 1.16. The second-order valence-electron chi connectivity index (χ2n) is 4.83. The standard InChI is InChI=1S/C16H22N2O5S/c1-4-23-16(21)11-24-10-15(20)18(2)9-14(19)17-12-6-5-7-13(8-12)22-3/h5-8H,4,9-11H2,1-3H3,(H,17,19). The number of amides is 2. The summed E-state index contributed by atoms with van der Waals surface area (Å²) < 4.78 is 9.86. The lowest BCUT2D eigenvalue weighted by atomic mass is 10.3. The van der Waals surface area contributed by atoms with Gasteiger partial charge < -0.3 is 19.7 Å². The molecule has 132 valence electrons. The number of rotatable bonds is 9. The Morgan fingerprint density at radius 2 is 2.00 bits per heavy atom. The van der Waals surface area contributed by atoms with E-state index in [0.717, 1.165) is 11.8 Å². The Hall–Kier alpha value is -2.22. The smallest absolute Gasteiger partial charge is 0.315 e. The molecule has 0 radical (unpaired) electrons. The van der Waals surface area contributed by atoms with Crippen LogP contribution >= 0.6 is 11.8 Å². The number of nitrogens with zero attached hydrogens (tertiary/aromatic N) is 1. The van der Waals surface area contributed by atoms with Crippen molar-refractivity contribution in [1.82, 2.24) is 4.90 Å². The summed E-state index contributed by atoms with van der Waals surface area (Å²) in [5.74, 6) is -0.0357. The van der Waals surface area contributed by atoms with Gasteiger partial charge in [0, 0.05) is 18.8 Å². The normalized spacial score (nSPS) is 9.96. The molecule has 1 N–H and O–H groups in total.